The van der Waals surface area contributed by atoms with Crippen LogP contribution in [0.2, 0.25) is 5.15 Å². The molecule has 0 spiro atoms. The third-order valence-corrected chi connectivity index (χ3v) is 2.75. The Labute approximate surface area is 122 Å². The highest BCUT2D eigenvalue weighted by Gasteiger charge is 2.17. The van der Waals surface area contributed by atoms with Crippen LogP contribution in [0.25, 0.3) is 5.69 Å². The number of halogens is 1. The lowest BCUT2D eigenvalue weighted by Crippen LogP contribution is -2.28. The number of rotatable bonds is 5. The fourth-order valence-corrected chi connectivity index (χ4v) is 1.83. The van der Waals surface area contributed by atoms with Crippen molar-refractivity contribution in [1.29, 1.82) is 0 Å². The van der Waals surface area contributed by atoms with Gasteiger partial charge in [-0.05, 0) is 32.0 Å². The Bertz CT molecular complexity index is 590. The van der Waals surface area contributed by atoms with E-state index in [0.717, 1.165) is 0 Å². The van der Waals surface area contributed by atoms with E-state index < -0.39 is 5.60 Å². The first-order valence-corrected chi connectivity index (χ1v) is 6.52. The number of ether oxygens (including phenoxy) is 2. The predicted molar refractivity (Wildman–Crippen MR) is 76.9 cm³/mol. The molecule has 0 radical (unpaired) electrons. The summed E-state index contributed by atoms with van der Waals surface area (Å²) in [6.07, 6.45) is 1.74. The molecule has 0 fully saturated rings. The van der Waals surface area contributed by atoms with Crippen molar-refractivity contribution in [3.63, 3.8) is 0 Å². The zero-order valence-corrected chi connectivity index (χ0v) is 12.4. The van der Waals surface area contributed by atoms with Crippen LogP contribution in [0.5, 0.6) is 11.5 Å². The molecule has 0 amide bonds. The Balaban J connectivity index is 2.35. The van der Waals surface area contributed by atoms with E-state index in [0.29, 0.717) is 22.3 Å². The van der Waals surface area contributed by atoms with Gasteiger partial charge in [0.2, 0.25) is 0 Å². The smallest absolute Gasteiger partial charge is 0.186 e. The predicted octanol–water partition coefficient (Wildman–Crippen LogP) is 2.68. The summed E-state index contributed by atoms with van der Waals surface area (Å²) in [6, 6.07) is 7.14. The van der Waals surface area contributed by atoms with Crippen LogP contribution < -0.4 is 9.47 Å². The van der Waals surface area contributed by atoms with Gasteiger partial charge in [0.1, 0.15) is 12.3 Å². The van der Waals surface area contributed by atoms with Crippen LogP contribution in [0.4, 0.5) is 0 Å². The third-order valence-electron chi connectivity index (χ3n) is 2.55. The van der Waals surface area contributed by atoms with Crippen LogP contribution in [0.15, 0.2) is 30.5 Å². The van der Waals surface area contributed by atoms with Gasteiger partial charge in [0, 0.05) is 6.20 Å². The summed E-state index contributed by atoms with van der Waals surface area (Å²) in [5, 5.41) is 14.3. The van der Waals surface area contributed by atoms with E-state index in [9.17, 15) is 5.11 Å². The van der Waals surface area contributed by atoms with E-state index in [4.69, 9.17) is 21.1 Å². The molecule has 2 aromatic rings. The summed E-state index contributed by atoms with van der Waals surface area (Å²) in [5.41, 5.74) is -0.205. The van der Waals surface area contributed by atoms with Gasteiger partial charge in [-0.2, -0.15) is 5.10 Å². The second-order valence-corrected chi connectivity index (χ2v) is 5.38. The van der Waals surface area contributed by atoms with Crippen molar-refractivity contribution in [2.24, 2.45) is 0 Å². The van der Waals surface area contributed by atoms with Gasteiger partial charge in [-0.1, -0.05) is 17.7 Å². The largest absolute Gasteiger partial charge is 0.491 e. The molecule has 2 rings (SSSR count). The SMILES string of the molecule is COc1c(OCC(C)(C)O)cccc1-n1ccc(Cl)n1. The molecule has 5 nitrogen and oxygen atoms in total. The molecule has 1 aromatic carbocycles. The van der Waals surface area contributed by atoms with Gasteiger partial charge in [-0.3, -0.25) is 0 Å². The number of hydrogen-bond acceptors (Lipinski definition) is 4. The van der Waals surface area contributed by atoms with Gasteiger partial charge in [0.25, 0.3) is 0 Å². The average Bonchev–Trinajstić information content (AvgIpc) is 2.81. The van der Waals surface area contributed by atoms with E-state index in [-0.39, 0.29) is 6.61 Å². The van der Waals surface area contributed by atoms with Crippen molar-refractivity contribution in [2.75, 3.05) is 13.7 Å². The first-order chi connectivity index (χ1) is 9.40. The van der Waals surface area contributed by atoms with Crippen LogP contribution in [-0.4, -0.2) is 34.2 Å². The highest BCUT2D eigenvalue weighted by atomic mass is 35.5. The Kier molecular flexibility index (Phi) is 4.20. The van der Waals surface area contributed by atoms with Crippen molar-refractivity contribution in [2.45, 2.75) is 19.4 Å². The molecule has 1 N–H and O–H groups in total. The molecule has 1 heterocycles. The summed E-state index contributed by atoms with van der Waals surface area (Å²) in [5.74, 6) is 1.08. The summed E-state index contributed by atoms with van der Waals surface area (Å²) in [7, 11) is 1.56. The minimum atomic E-state index is -0.921. The van der Waals surface area contributed by atoms with Crippen LogP contribution in [0.3, 0.4) is 0 Å². The summed E-state index contributed by atoms with van der Waals surface area (Å²) < 4.78 is 12.6. The first kappa shape index (κ1) is 14.7. The number of aliphatic hydroxyl groups is 1. The standard InChI is InChI=1S/C14H17ClN2O3/c1-14(2,18)9-20-11-6-4-5-10(13(11)19-3)17-8-7-12(15)16-17/h4-8,18H,9H2,1-3H3. The molecule has 0 atom stereocenters. The van der Waals surface area contributed by atoms with Crippen LogP contribution >= 0.6 is 11.6 Å². The monoisotopic (exact) mass is 296 g/mol. The average molecular weight is 297 g/mol. The van der Waals surface area contributed by atoms with Gasteiger partial charge >= 0.3 is 0 Å². The molecular weight excluding hydrogens is 280 g/mol. The normalized spacial score (nSPS) is 11.4. The Morgan fingerprint density at radius 1 is 1.35 bits per heavy atom. The molecule has 6 heteroatoms. The first-order valence-electron chi connectivity index (χ1n) is 6.14. The van der Waals surface area contributed by atoms with E-state index in [1.807, 2.05) is 12.1 Å². The van der Waals surface area contributed by atoms with Gasteiger partial charge in [0.15, 0.2) is 16.7 Å². The Morgan fingerprint density at radius 2 is 2.10 bits per heavy atom. The second-order valence-electron chi connectivity index (χ2n) is 4.99. The topological polar surface area (TPSA) is 56.5 Å². The quantitative estimate of drug-likeness (QED) is 0.921. The van der Waals surface area contributed by atoms with Crippen molar-refractivity contribution in [3.05, 3.63) is 35.6 Å². The molecule has 0 saturated carbocycles. The maximum absolute atomic E-state index is 9.73. The number of aromatic nitrogens is 2. The molecule has 0 bridgehead atoms. The third kappa shape index (κ3) is 3.43. The van der Waals surface area contributed by atoms with Crippen LogP contribution in [0.1, 0.15) is 13.8 Å². The lowest BCUT2D eigenvalue weighted by molar-refractivity contribution is 0.0276. The number of para-hydroxylation sites is 1. The van der Waals surface area contributed by atoms with E-state index >= 15 is 0 Å². The highest BCUT2D eigenvalue weighted by molar-refractivity contribution is 6.29. The number of nitrogens with zero attached hydrogens (tertiary/aromatic N) is 2. The molecular formula is C14H17ClN2O3. The fourth-order valence-electron chi connectivity index (χ4n) is 1.69. The minimum Gasteiger partial charge on any atom is -0.491 e. The Morgan fingerprint density at radius 3 is 2.65 bits per heavy atom. The van der Waals surface area contributed by atoms with Gasteiger partial charge in [-0.15, -0.1) is 0 Å². The maximum Gasteiger partial charge on any atom is 0.186 e. The zero-order chi connectivity index (χ0) is 14.8. The van der Waals surface area contributed by atoms with E-state index in [2.05, 4.69) is 5.10 Å². The molecule has 1 aromatic heterocycles. The maximum atomic E-state index is 9.73. The highest BCUT2D eigenvalue weighted by Crippen LogP contribution is 2.34. The lowest BCUT2D eigenvalue weighted by atomic mass is 10.2. The molecule has 0 aliphatic rings. The molecule has 0 unspecified atom stereocenters. The molecule has 0 aliphatic carbocycles. The summed E-state index contributed by atoms with van der Waals surface area (Å²) in [6.45, 7) is 3.51. The summed E-state index contributed by atoms with van der Waals surface area (Å²) >= 11 is 5.83. The van der Waals surface area contributed by atoms with Gasteiger partial charge in [-0.25, -0.2) is 4.68 Å². The fraction of sp³-hybridized carbons (Fsp3) is 0.357. The number of benzene rings is 1. The second kappa shape index (κ2) is 5.73. The van der Waals surface area contributed by atoms with E-state index in [1.54, 1.807) is 44.0 Å². The van der Waals surface area contributed by atoms with Crippen molar-refractivity contribution < 1.29 is 14.6 Å². The number of hydrogen-bond donors (Lipinski definition) is 1. The molecule has 108 valence electrons. The number of methoxy groups -OCH3 is 1. The zero-order valence-electron chi connectivity index (χ0n) is 11.6. The molecule has 0 aliphatic heterocycles. The molecule has 0 saturated heterocycles. The lowest BCUT2D eigenvalue weighted by Gasteiger charge is -2.20. The van der Waals surface area contributed by atoms with Gasteiger partial charge in [0.05, 0.1) is 12.7 Å². The van der Waals surface area contributed by atoms with Crippen molar-refractivity contribution >= 4 is 11.6 Å². The minimum absolute atomic E-state index is 0.159. The van der Waals surface area contributed by atoms with E-state index in [1.165, 1.54) is 0 Å². The van der Waals surface area contributed by atoms with Gasteiger partial charge < -0.3 is 14.6 Å². The van der Waals surface area contributed by atoms with Crippen LogP contribution in [0, 0.1) is 0 Å². The van der Waals surface area contributed by atoms with Crippen molar-refractivity contribution in [1.82, 2.24) is 9.78 Å². The van der Waals surface area contributed by atoms with Crippen molar-refractivity contribution in [3.8, 4) is 17.2 Å². The Hall–Kier alpha value is -1.72. The van der Waals surface area contributed by atoms with Crippen LogP contribution in [-0.2, 0) is 0 Å². The molecule has 20 heavy (non-hydrogen) atoms. The summed E-state index contributed by atoms with van der Waals surface area (Å²) in [4.78, 5) is 0.